The fourth-order valence-corrected chi connectivity index (χ4v) is 10.3. The Kier molecular flexibility index (Phi) is 14.5. The van der Waals surface area contributed by atoms with E-state index >= 15 is 0 Å². The van der Waals surface area contributed by atoms with E-state index in [2.05, 4.69) is 30.2 Å². The van der Waals surface area contributed by atoms with Gasteiger partial charge in [-0.1, -0.05) is 41.9 Å². The fourth-order valence-electron chi connectivity index (χ4n) is 7.20. The van der Waals surface area contributed by atoms with E-state index in [4.69, 9.17) is 16.3 Å². The monoisotopic (exact) mass is 931 g/mol. The Morgan fingerprint density at radius 3 is 2.24 bits per heavy atom. The number of hydrogen-bond acceptors (Lipinski definition) is 12. The number of nitrogens with one attached hydrogen (secondary N) is 3. The number of ether oxygens (including phenoxy) is 1. The number of sulfonamides is 1. The molecule has 1 atom stereocenters. The number of piperazine rings is 1. The summed E-state index contributed by atoms with van der Waals surface area (Å²) < 4.78 is 103. The van der Waals surface area contributed by atoms with Crippen LogP contribution in [0.25, 0.3) is 11.3 Å². The molecule has 1 aromatic heterocycles. The van der Waals surface area contributed by atoms with E-state index in [1.807, 2.05) is 65.5 Å². The van der Waals surface area contributed by atoms with Crippen LogP contribution in [0.4, 0.5) is 24.5 Å². The third-order valence-electron chi connectivity index (χ3n) is 10.6. The van der Waals surface area contributed by atoms with Gasteiger partial charge in [0.25, 0.3) is 25.8 Å². The van der Waals surface area contributed by atoms with Gasteiger partial charge >= 0.3 is 5.51 Å². The minimum absolute atomic E-state index is 0.0221. The molecule has 2 aliphatic rings. The summed E-state index contributed by atoms with van der Waals surface area (Å²) in [6, 6.07) is 25.0. The number of nitrogens with zero attached hydrogens (tertiary/aromatic N) is 4. The smallest absolute Gasteiger partial charge is 0.380 e. The molecule has 62 heavy (non-hydrogen) atoms. The van der Waals surface area contributed by atoms with Crippen molar-refractivity contribution < 1.29 is 39.5 Å². The predicted octanol–water partition coefficient (Wildman–Crippen LogP) is 6.76. The van der Waals surface area contributed by atoms with Gasteiger partial charge in [-0.25, -0.2) is 21.6 Å². The number of sulfone groups is 1. The molecule has 2 fully saturated rings. The number of carbonyl (C=O) groups excluding carboxylic acids is 1. The number of thioether (sulfide) groups is 1. The van der Waals surface area contributed by atoms with Crippen molar-refractivity contribution in [1.82, 2.24) is 24.7 Å². The Bertz CT molecular complexity index is 2520. The minimum atomic E-state index is -6.06. The summed E-state index contributed by atoms with van der Waals surface area (Å²) >= 11 is 7.50. The molecule has 0 saturated carbocycles. The van der Waals surface area contributed by atoms with Gasteiger partial charge in [0.15, 0.2) is 0 Å². The zero-order valence-electron chi connectivity index (χ0n) is 33.4. The first-order valence-electron chi connectivity index (χ1n) is 19.8. The lowest BCUT2D eigenvalue weighted by Gasteiger charge is -2.36. The van der Waals surface area contributed by atoms with E-state index in [9.17, 15) is 34.8 Å². The Morgan fingerprint density at radius 1 is 0.871 bits per heavy atom. The Hall–Kier alpha value is -4.63. The molecule has 13 nitrogen and oxygen atoms in total. The van der Waals surface area contributed by atoms with Crippen molar-refractivity contribution in [2.45, 2.75) is 39.2 Å². The van der Waals surface area contributed by atoms with Crippen LogP contribution < -0.4 is 14.9 Å². The van der Waals surface area contributed by atoms with Crippen LogP contribution in [0.3, 0.4) is 0 Å². The first-order chi connectivity index (χ1) is 29.7. The molecule has 0 radical (unpaired) electrons. The van der Waals surface area contributed by atoms with Crippen molar-refractivity contribution in [2.75, 3.05) is 75.0 Å². The van der Waals surface area contributed by atoms with Crippen molar-refractivity contribution in [3.05, 3.63) is 119 Å². The average molecular weight is 933 g/mol. The summed E-state index contributed by atoms with van der Waals surface area (Å²) in [6.07, 6.45) is 2.25. The second-order valence-electron chi connectivity index (χ2n) is 14.8. The number of amides is 1. The maximum absolute atomic E-state index is 14.1. The first kappa shape index (κ1) is 45.4. The van der Waals surface area contributed by atoms with Crippen LogP contribution in [-0.2, 0) is 31.1 Å². The Morgan fingerprint density at radius 2 is 1.56 bits per heavy atom. The third kappa shape index (κ3) is 11.3. The largest absolute Gasteiger partial charge is 0.501 e. The molecular formula is C42H45ClF3N7O6S3. The second-order valence-corrected chi connectivity index (χ2v) is 20.0. The SMILES string of the molecule is O=C(NS(=O)(=O)c1ccc(N[C@H](CCN2CCOCC2)CSc2ccccc2)c(S(=O)(=O)C(F)(F)F)c1)c1ccc(N2CCN(Cc3cn[nH]c3-c3ccc(Cl)cc3)CC2)cc1. The lowest BCUT2D eigenvalue weighted by molar-refractivity contribution is -0.0435. The van der Waals surface area contributed by atoms with Crippen LogP contribution in [-0.4, -0.2) is 119 Å². The molecule has 0 bridgehead atoms. The standard InChI is InChI=1S/C42H45ClF3N7O6S3/c43-33-10-6-30(7-11-33)40-32(27-47-49-40)28-52-18-20-53(21-19-52)35-12-8-31(9-13-35)41(54)50-62(57,58)37-14-15-38(39(26-37)61(55,56)42(44,45)46)48-34(16-17-51-22-24-59-25-23-51)29-60-36-4-2-1-3-5-36/h1-15,26-27,34,48H,16-25,28-29H2,(H,47,49)(H,50,54)/t34-/m1/s1. The van der Waals surface area contributed by atoms with E-state index in [-0.39, 0.29) is 5.56 Å². The molecular weight excluding hydrogens is 887 g/mol. The van der Waals surface area contributed by atoms with E-state index < -0.39 is 52.8 Å². The molecule has 0 spiro atoms. The van der Waals surface area contributed by atoms with Gasteiger partial charge in [0.05, 0.1) is 35.7 Å². The number of aromatic amines is 1. The van der Waals surface area contributed by atoms with Crippen LogP contribution >= 0.6 is 23.4 Å². The zero-order chi connectivity index (χ0) is 43.9. The maximum atomic E-state index is 14.1. The van der Waals surface area contributed by atoms with Gasteiger partial charge in [-0.3, -0.25) is 19.7 Å². The van der Waals surface area contributed by atoms with Crippen molar-refractivity contribution >= 4 is 60.5 Å². The Balaban J connectivity index is 1.01. The van der Waals surface area contributed by atoms with Crippen LogP contribution in [0.5, 0.6) is 0 Å². The molecule has 4 aromatic carbocycles. The van der Waals surface area contributed by atoms with Gasteiger partial charge in [0.2, 0.25) is 0 Å². The molecule has 1 amide bonds. The molecule has 2 aliphatic heterocycles. The third-order valence-corrected chi connectivity index (χ3v) is 14.9. The van der Waals surface area contributed by atoms with Crippen molar-refractivity contribution in [1.29, 1.82) is 0 Å². The number of H-pyrrole nitrogens is 1. The van der Waals surface area contributed by atoms with E-state index in [0.29, 0.717) is 75.7 Å². The van der Waals surface area contributed by atoms with Crippen LogP contribution in [0.2, 0.25) is 5.02 Å². The molecule has 5 aromatic rings. The normalized spacial score (nSPS) is 16.2. The number of rotatable bonds is 16. The molecule has 3 heterocycles. The highest BCUT2D eigenvalue weighted by atomic mass is 35.5. The number of carbonyl (C=O) groups is 1. The molecule has 0 unspecified atom stereocenters. The van der Waals surface area contributed by atoms with Crippen molar-refractivity contribution in [2.24, 2.45) is 0 Å². The number of benzene rings is 4. The molecule has 330 valence electrons. The summed E-state index contributed by atoms with van der Waals surface area (Å²) in [5, 5.41) is 10.9. The number of hydrogen-bond donors (Lipinski definition) is 3. The second kappa shape index (κ2) is 19.8. The van der Waals surface area contributed by atoms with Crippen molar-refractivity contribution in [3.63, 3.8) is 0 Å². The maximum Gasteiger partial charge on any atom is 0.501 e. The molecule has 20 heteroatoms. The summed E-state index contributed by atoms with van der Waals surface area (Å²) in [6.45, 7) is 6.54. The number of aromatic nitrogens is 2. The van der Waals surface area contributed by atoms with E-state index in [1.165, 1.54) is 23.9 Å². The van der Waals surface area contributed by atoms with Gasteiger partial charge in [0.1, 0.15) is 4.90 Å². The van der Waals surface area contributed by atoms with Gasteiger partial charge in [-0.05, 0) is 78.7 Å². The van der Waals surface area contributed by atoms with Gasteiger partial charge in [-0.2, -0.15) is 18.3 Å². The quantitative estimate of drug-likeness (QED) is 0.0896. The molecule has 3 N–H and O–H groups in total. The predicted molar refractivity (Wildman–Crippen MR) is 234 cm³/mol. The van der Waals surface area contributed by atoms with Crippen LogP contribution in [0.1, 0.15) is 22.3 Å². The van der Waals surface area contributed by atoms with Crippen LogP contribution in [0.15, 0.2) is 118 Å². The highest BCUT2D eigenvalue weighted by molar-refractivity contribution is 7.99. The van der Waals surface area contributed by atoms with E-state index in [0.717, 1.165) is 52.6 Å². The average Bonchev–Trinajstić information content (AvgIpc) is 3.73. The highest BCUT2D eigenvalue weighted by Gasteiger charge is 2.48. The summed E-state index contributed by atoms with van der Waals surface area (Å²) in [7, 11) is -10.9. The van der Waals surface area contributed by atoms with Crippen LogP contribution in [0, 0.1) is 0 Å². The van der Waals surface area contributed by atoms with E-state index in [1.54, 1.807) is 12.1 Å². The summed E-state index contributed by atoms with van der Waals surface area (Å²) in [5.41, 5.74) is -2.41. The molecule has 0 aliphatic carbocycles. The minimum Gasteiger partial charge on any atom is -0.380 e. The first-order valence-corrected chi connectivity index (χ1v) is 24.1. The van der Waals surface area contributed by atoms with Crippen molar-refractivity contribution in [3.8, 4) is 11.3 Å². The number of alkyl halides is 3. The molecule has 2 saturated heterocycles. The number of anilines is 2. The lowest BCUT2D eigenvalue weighted by atomic mass is 10.1. The topological polar surface area (TPSA) is 157 Å². The van der Waals surface area contributed by atoms with Gasteiger partial charge in [0, 0.05) is 90.9 Å². The zero-order valence-corrected chi connectivity index (χ0v) is 36.6. The Labute approximate surface area is 367 Å². The lowest BCUT2D eigenvalue weighted by Crippen LogP contribution is -2.46. The van der Waals surface area contributed by atoms with Gasteiger partial charge < -0.3 is 15.0 Å². The number of morpholine rings is 1. The summed E-state index contributed by atoms with van der Waals surface area (Å²) in [4.78, 5) is 18.7. The number of halogens is 4. The summed E-state index contributed by atoms with van der Waals surface area (Å²) in [5.74, 6) is -0.676. The fraction of sp³-hybridized carbons (Fsp3) is 0.333. The highest BCUT2D eigenvalue weighted by Crippen LogP contribution is 2.37. The van der Waals surface area contributed by atoms with Gasteiger partial charge in [-0.15, -0.1) is 11.8 Å². The molecule has 7 rings (SSSR count).